The number of nitrogens with one attached hydrogen (secondary N) is 1. The lowest BCUT2D eigenvalue weighted by Crippen LogP contribution is -2.29. The summed E-state index contributed by atoms with van der Waals surface area (Å²) in [6.07, 6.45) is 7.63. The molecule has 5 nitrogen and oxygen atoms in total. The number of carbonyl (C=O) groups excluding carboxylic acids is 1. The minimum absolute atomic E-state index is 0.0615. The minimum Gasteiger partial charge on any atom is -0.482 e. The fourth-order valence-electron chi connectivity index (χ4n) is 4.00. The molecule has 2 fully saturated rings. The summed E-state index contributed by atoms with van der Waals surface area (Å²) >= 11 is 0. The molecule has 1 aromatic rings. The average Bonchev–Trinajstić information content (AvgIpc) is 3.42. The van der Waals surface area contributed by atoms with Gasteiger partial charge in [0.25, 0.3) is 0 Å². The van der Waals surface area contributed by atoms with Gasteiger partial charge in [-0.1, -0.05) is 44.2 Å². The van der Waals surface area contributed by atoms with E-state index in [1.165, 1.54) is 32.1 Å². The van der Waals surface area contributed by atoms with Crippen LogP contribution in [0.2, 0.25) is 0 Å². The fourth-order valence-corrected chi connectivity index (χ4v) is 4.00. The summed E-state index contributed by atoms with van der Waals surface area (Å²) in [5.74, 6) is 1.24. The smallest absolute Gasteiger partial charge is 0.341 e. The maximum absolute atomic E-state index is 12.5. The van der Waals surface area contributed by atoms with Crippen molar-refractivity contribution in [2.75, 3.05) is 6.61 Å². The third kappa shape index (κ3) is 4.74. The van der Waals surface area contributed by atoms with Crippen LogP contribution in [0.15, 0.2) is 24.3 Å². The van der Waals surface area contributed by atoms with E-state index < -0.39 is 5.97 Å². The van der Waals surface area contributed by atoms with Gasteiger partial charge in [-0.3, -0.25) is 4.79 Å². The van der Waals surface area contributed by atoms with Crippen LogP contribution in [-0.4, -0.2) is 23.6 Å². The SMILES string of the molecule is CC(NC(=O)C1CC1C1CCCCC1)c1ccc(OCC(=O)O)cc1. The zero-order valence-corrected chi connectivity index (χ0v) is 14.7. The Hall–Kier alpha value is -2.04. The number of carboxylic acids is 1. The van der Waals surface area contributed by atoms with Crippen LogP contribution < -0.4 is 10.1 Å². The van der Waals surface area contributed by atoms with Gasteiger partial charge in [-0.25, -0.2) is 4.79 Å². The van der Waals surface area contributed by atoms with Gasteiger partial charge < -0.3 is 15.2 Å². The molecule has 0 radical (unpaired) electrons. The van der Waals surface area contributed by atoms with Crippen LogP contribution in [-0.2, 0) is 9.59 Å². The molecule has 0 heterocycles. The number of rotatable bonds is 7. The molecule has 0 spiro atoms. The summed E-state index contributed by atoms with van der Waals surface area (Å²) in [7, 11) is 0. The van der Waals surface area contributed by atoms with Crippen LogP contribution >= 0.6 is 0 Å². The standard InChI is InChI=1S/C20H27NO4/c1-13(14-7-9-16(10-8-14)25-12-19(22)23)21-20(24)18-11-17(18)15-5-3-2-4-6-15/h7-10,13,15,17-18H,2-6,11-12H2,1H3,(H,21,24)(H,22,23). The summed E-state index contributed by atoms with van der Waals surface area (Å²) in [4.78, 5) is 23.0. The van der Waals surface area contributed by atoms with Crippen molar-refractivity contribution >= 4 is 11.9 Å². The molecule has 136 valence electrons. The first-order chi connectivity index (χ1) is 12.0. The van der Waals surface area contributed by atoms with E-state index in [4.69, 9.17) is 9.84 Å². The molecule has 0 saturated heterocycles. The number of hydrogen-bond donors (Lipinski definition) is 2. The summed E-state index contributed by atoms with van der Waals surface area (Å²) < 4.78 is 5.13. The average molecular weight is 345 g/mol. The van der Waals surface area contributed by atoms with E-state index in [0.717, 1.165) is 17.9 Å². The number of amides is 1. The Labute approximate surface area is 148 Å². The minimum atomic E-state index is -0.998. The Bertz CT molecular complexity index is 607. The largest absolute Gasteiger partial charge is 0.482 e. The van der Waals surface area contributed by atoms with E-state index >= 15 is 0 Å². The van der Waals surface area contributed by atoms with Gasteiger partial charge in [0.2, 0.25) is 5.91 Å². The van der Waals surface area contributed by atoms with Crippen molar-refractivity contribution < 1.29 is 19.4 Å². The second-order valence-electron chi connectivity index (χ2n) is 7.39. The molecular weight excluding hydrogens is 318 g/mol. The summed E-state index contributed by atoms with van der Waals surface area (Å²) in [6.45, 7) is 1.62. The van der Waals surface area contributed by atoms with Gasteiger partial charge in [0, 0.05) is 5.92 Å². The van der Waals surface area contributed by atoms with Crippen LogP contribution in [0.3, 0.4) is 0 Å². The lowest BCUT2D eigenvalue weighted by molar-refractivity contribution is -0.139. The second-order valence-corrected chi connectivity index (χ2v) is 7.39. The first kappa shape index (κ1) is 17.8. The molecule has 2 saturated carbocycles. The third-order valence-corrected chi connectivity index (χ3v) is 5.53. The Morgan fingerprint density at radius 1 is 1.20 bits per heavy atom. The molecule has 1 amide bonds. The molecule has 2 N–H and O–H groups in total. The second kappa shape index (κ2) is 7.89. The van der Waals surface area contributed by atoms with Crippen LogP contribution in [0.25, 0.3) is 0 Å². The number of carboxylic acid groups (broad SMARTS) is 1. The van der Waals surface area contributed by atoms with E-state index in [-0.39, 0.29) is 24.5 Å². The topological polar surface area (TPSA) is 75.6 Å². The van der Waals surface area contributed by atoms with E-state index in [9.17, 15) is 9.59 Å². The number of benzene rings is 1. The van der Waals surface area contributed by atoms with Gasteiger partial charge in [0.05, 0.1) is 6.04 Å². The Morgan fingerprint density at radius 2 is 1.88 bits per heavy atom. The lowest BCUT2D eigenvalue weighted by atomic mass is 9.85. The maximum Gasteiger partial charge on any atom is 0.341 e. The Kier molecular flexibility index (Phi) is 5.61. The molecule has 0 bridgehead atoms. The van der Waals surface area contributed by atoms with Crippen molar-refractivity contribution in [3.8, 4) is 5.75 Å². The normalized spacial score (nSPS) is 24.4. The van der Waals surface area contributed by atoms with Crippen molar-refractivity contribution in [1.82, 2.24) is 5.32 Å². The van der Waals surface area contributed by atoms with Gasteiger partial charge in [-0.2, -0.15) is 0 Å². The Morgan fingerprint density at radius 3 is 2.52 bits per heavy atom. The highest BCUT2D eigenvalue weighted by atomic mass is 16.5. The van der Waals surface area contributed by atoms with Crippen molar-refractivity contribution in [1.29, 1.82) is 0 Å². The molecule has 3 atom stereocenters. The van der Waals surface area contributed by atoms with Gasteiger partial charge in [0.15, 0.2) is 6.61 Å². The van der Waals surface area contributed by atoms with Crippen molar-refractivity contribution in [2.45, 2.75) is 51.5 Å². The summed E-state index contributed by atoms with van der Waals surface area (Å²) in [5, 5.41) is 11.7. The van der Waals surface area contributed by atoms with Gasteiger partial charge in [0.1, 0.15) is 5.75 Å². The van der Waals surface area contributed by atoms with Crippen LogP contribution in [0.5, 0.6) is 5.75 Å². The third-order valence-electron chi connectivity index (χ3n) is 5.53. The predicted molar refractivity (Wildman–Crippen MR) is 94.3 cm³/mol. The van der Waals surface area contributed by atoms with E-state index in [0.29, 0.717) is 11.7 Å². The maximum atomic E-state index is 12.5. The number of carbonyl (C=O) groups is 2. The highest BCUT2D eigenvalue weighted by molar-refractivity contribution is 5.82. The monoisotopic (exact) mass is 345 g/mol. The molecule has 1 aromatic carbocycles. The fraction of sp³-hybridized carbons (Fsp3) is 0.600. The van der Waals surface area contributed by atoms with Crippen molar-refractivity contribution in [2.24, 2.45) is 17.8 Å². The van der Waals surface area contributed by atoms with Crippen molar-refractivity contribution in [3.63, 3.8) is 0 Å². The predicted octanol–water partition coefficient (Wildman–Crippen LogP) is 3.54. The molecule has 5 heteroatoms. The highest BCUT2D eigenvalue weighted by Gasteiger charge is 2.47. The van der Waals surface area contributed by atoms with Gasteiger partial charge in [-0.05, 0) is 42.9 Å². The van der Waals surface area contributed by atoms with Crippen LogP contribution in [0, 0.1) is 17.8 Å². The Balaban J connectivity index is 1.47. The lowest BCUT2D eigenvalue weighted by Gasteiger charge is -2.22. The molecule has 0 aliphatic heterocycles. The quantitative estimate of drug-likeness (QED) is 0.792. The highest BCUT2D eigenvalue weighted by Crippen LogP contribution is 2.49. The molecule has 3 rings (SSSR count). The first-order valence-corrected chi connectivity index (χ1v) is 9.29. The molecule has 25 heavy (non-hydrogen) atoms. The summed E-state index contributed by atoms with van der Waals surface area (Å²) in [5.41, 5.74) is 0.992. The zero-order chi connectivity index (χ0) is 17.8. The van der Waals surface area contributed by atoms with Gasteiger partial charge >= 0.3 is 5.97 Å². The molecule has 2 aliphatic carbocycles. The van der Waals surface area contributed by atoms with E-state index in [1.54, 1.807) is 12.1 Å². The van der Waals surface area contributed by atoms with Crippen LogP contribution in [0.4, 0.5) is 0 Å². The van der Waals surface area contributed by atoms with Crippen molar-refractivity contribution in [3.05, 3.63) is 29.8 Å². The molecule has 3 unspecified atom stereocenters. The first-order valence-electron chi connectivity index (χ1n) is 9.29. The van der Waals surface area contributed by atoms with Crippen LogP contribution in [0.1, 0.15) is 57.1 Å². The number of ether oxygens (including phenoxy) is 1. The van der Waals surface area contributed by atoms with E-state index in [2.05, 4.69) is 5.32 Å². The molecular formula is C20H27NO4. The molecule has 2 aliphatic rings. The number of aliphatic carboxylic acids is 1. The van der Waals surface area contributed by atoms with Gasteiger partial charge in [-0.15, -0.1) is 0 Å². The summed E-state index contributed by atoms with van der Waals surface area (Å²) in [6, 6.07) is 7.15. The van der Waals surface area contributed by atoms with E-state index in [1.807, 2.05) is 19.1 Å². The zero-order valence-electron chi connectivity index (χ0n) is 14.7. The molecule has 0 aromatic heterocycles. The number of hydrogen-bond acceptors (Lipinski definition) is 3.